The van der Waals surface area contributed by atoms with Crippen molar-refractivity contribution in [3.63, 3.8) is 0 Å². The molecule has 1 saturated heterocycles. The summed E-state index contributed by atoms with van der Waals surface area (Å²) in [6.45, 7) is 4.66. The molecule has 0 aliphatic carbocycles. The van der Waals surface area contributed by atoms with E-state index in [1.165, 1.54) is 12.4 Å². The van der Waals surface area contributed by atoms with E-state index in [4.69, 9.17) is 21.4 Å². The topological polar surface area (TPSA) is 105 Å². The molecule has 2 heterocycles. The fourth-order valence-corrected chi connectivity index (χ4v) is 2.69. The van der Waals surface area contributed by atoms with E-state index in [1.54, 1.807) is 4.90 Å². The molecule has 2 amide bonds. The molecule has 1 aliphatic rings. The smallest absolute Gasteiger partial charge is 0.405 e. The summed E-state index contributed by atoms with van der Waals surface area (Å²) in [7, 11) is 0. The number of carbonyl (C=O) groups is 2. The third-order valence-electron chi connectivity index (χ3n) is 3.86. The highest BCUT2D eigenvalue weighted by Crippen LogP contribution is 2.19. The molecule has 1 aromatic heterocycles. The predicted octanol–water partition coefficient (Wildman–Crippen LogP) is 1.79. The second-order valence-electron chi connectivity index (χ2n) is 6.00. The minimum Gasteiger partial charge on any atom is -0.487 e. The van der Waals surface area contributed by atoms with Gasteiger partial charge in [0.1, 0.15) is 12.1 Å². The van der Waals surface area contributed by atoms with E-state index in [-0.39, 0.29) is 23.2 Å². The zero-order valence-electron chi connectivity index (χ0n) is 13.6. The van der Waals surface area contributed by atoms with Crippen LogP contribution in [0.3, 0.4) is 0 Å². The van der Waals surface area contributed by atoms with Crippen LogP contribution in [0, 0.1) is 5.92 Å². The molecular formula is C15H21ClN4O4. The van der Waals surface area contributed by atoms with E-state index < -0.39 is 12.1 Å². The number of carboxylic acid groups (broad SMARTS) is 1. The molecule has 2 N–H and O–H groups in total. The minimum atomic E-state index is -1.19. The first-order valence-electron chi connectivity index (χ1n) is 7.79. The number of nitrogens with zero attached hydrogens (tertiary/aromatic N) is 3. The zero-order chi connectivity index (χ0) is 17.7. The van der Waals surface area contributed by atoms with Crippen molar-refractivity contribution in [3.05, 3.63) is 17.7 Å². The Morgan fingerprint density at radius 2 is 1.92 bits per heavy atom. The molecular weight excluding hydrogens is 336 g/mol. The molecule has 0 spiro atoms. The number of halogens is 1. The van der Waals surface area contributed by atoms with Crippen molar-refractivity contribution >= 4 is 23.6 Å². The molecule has 0 radical (unpaired) electrons. The standard InChI is InChI=1S/C15H21ClN4O4/c1-9(2)12(19-15(22)23)13(21)20-5-3-10(4-6-20)24-11-7-17-14(16)18-8-11/h7-10,12,19H,3-6H2,1-2H3,(H,22,23)/t12-/m0/s1. The first kappa shape index (κ1) is 18.3. The summed E-state index contributed by atoms with van der Waals surface area (Å²) in [4.78, 5) is 32.8. The normalized spacial score (nSPS) is 16.8. The average molecular weight is 357 g/mol. The van der Waals surface area contributed by atoms with Gasteiger partial charge in [-0.2, -0.15) is 0 Å². The van der Waals surface area contributed by atoms with Crippen LogP contribution in [0.1, 0.15) is 26.7 Å². The van der Waals surface area contributed by atoms with Crippen LogP contribution in [0.2, 0.25) is 5.28 Å². The summed E-state index contributed by atoms with van der Waals surface area (Å²) in [5.41, 5.74) is 0. The van der Waals surface area contributed by atoms with Crippen molar-refractivity contribution in [2.75, 3.05) is 13.1 Å². The lowest BCUT2D eigenvalue weighted by atomic mass is 10.0. The Labute approximate surface area is 145 Å². The van der Waals surface area contributed by atoms with E-state index in [0.29, 0.717) is 31.7 Å². The summed E-state index contributed by atoms with van der Waals surface area (Å²) >= 11 is 5.63. The number of piperidine rings is 1. The fraction of sp³-hybridized carbons (Fsp3) is 0.600. The van der Waals surface area contributed by atoms with E-state index in [0.717, 1.165) is 0 Å². The van der Waals surface area contributed by atoms with Crippen LogP contribution in [0.5, 0.6) is 5.75 Å². The molecule has 1 aliphatic heterocycles. The maximum Gasteiger partial charge on any atom is 0.405 e. The lowest BCUT2D eigenvalue weighted by molar-refractivity contribution is -0.136. The van der Waals surface area contributed by atoms with E-state index in [1.807, 2.05) is 13.8 Å². The van der Waals surface area contributed by atoms with Gasteiger partial charge in [0.2, 0.25) is 11.2 Å². The third-order valence-corrected chi connectivity index (χ3v) is 4.06. The van der Waals surface area contributed by atoms with Gasteiger partial charge in [0, 0.05) is 25.9 Å². The predicted molar refractivity (Wildman–Crippen MR) is 87.1 cm³/mol. The number of rotatable bonds is 5. The summed E-state index contributed by atoms with van der Waals surface area (Å²) in [6.07, 6.45) is 3.11. The Hall–Kier alpha value is -2.09. The third kappa shape index (κ3) is 4.95. The number of carbonyl (C=O) groups excluding carboxylic acids is 1. The molecule has 0 aromatic carbocycles. The zero-order valence-corrected chi connectivity index (χ0v) is 14.4. The van der Waals surface area contributed by atoms with Gasteiger partial charge in [-0.3, -0.25) is 4.79 Å². The maximum absolute atomic E-state index is 12.5. The molecule has 1 fully saturated rings. The van der Waals surface area contributed by atoms with Crippen LogP contribution in [0.25, 0.3) is 0 Å². The summed E-state index contributed by atoms with van der Waals surface area (Å²) in [6, 6.07) is -0.732. The lowest BCUT2D eigenvalue weighted by Crippen LogP contribution is -2.53. The minimum absolute atomic E-state index is 0.0382. The van der Waals surface area contributed by atoms with Gasteiger partial charge in [0.15, 0.2) is 5.75 Å². The molecule has 1 atom stereocenters. The van der Waals surface area contributed by atoms with Crippen LogP contribution in [-0.2, 0) is 4.79 Å². The molecule has 24 heavy (non-hydrogen) atoms. The second kappa shape index (κ2) is 8.14. The first-order valence-corrected chi connectivity index (χ1v) is 8.17. The van der Waals surface area contributed by atoms with Crippen molar-refractivity contribution in [2.45, 2.75) is 38.8 Å². The maximum atomic E-state index is 12.5. The van der Waals surface area contributed by atoms with Crippen LogP contribution in [0.4, 0.5) is 4.79 Å². The second-order valence-corrected chi connectivity index (χ2v) is 6.34. The Morgan fingerprint density at radius 1 is 1.33 bits per heavy atom. The molecule has 2 rings (SSSR count). The van der Waals surface area contributed by atoms with E-state index in [2.05, 4.69) is 15.3 Å². The van der Waals surface area contributed by atoms with Crippen molar-refractivity contribution in [2.24, 2.45) is 5.92 Å². The van der Waals surface area contributed by atoms with Crippen molar-refractivity contribution in [1.29, 1.82) is 0 Å². The molecule has 0 saturated carbocycles. The van der Waals surface area contributed by atoms with Gasteiger partial charge in [0.25, 0.3) is 0 Å². The van der Waals surface area contributed by atoms with Crippen LogP contribution in [-0.4, -0.2) is 57.2 Å². The van der Waals surface area contributed by atoms with Gasteiger partial charge in [-0.25, -0.2) is 14.8 Å². The number of aromatic nitrogens is 2. The van der Waals surface area contributed by atoms with Gasteiger partial charge < -0.3 is 20.1 Å². The lowest BCUT2D eigenvalue weighted by Gasteiger charge is -2.35. The molecule has 0 unspecified atom stereocenters. The van der Waals surface area contributed by atoms with Crippen molar-refractivity contribution < 1.29 is 19.4 Å². The molecule has 8 nitrogen and oxygen atoms in total. The van der Waals surface area contributed by atoms with Crippen LogP contribution >= 0.6 is 11.6 Å². The number of hydrogen-bond donors (Lipinski definition) is 2. The SMILES string of the molecule is CC(C)[C@H](NC(=O)O)C(=O)N1CCC(Oc2cnc(Cl)nc2)CC1. The number of hydrogen-bond acceptors (Lipinski definition) is 5. The fourth-order valence-electron chi connectivity index (χ4n) is 2.59. The Bertz CT molecular complexity index is 573. The Balaban J connectivity index is 1.87. The molecule has 0 bridgehead atoms. The first-order chi connectivity index (χ1) is 11.4. The highest BCUT2D eigenvalue weighted by atomic mass is 35.5. The van der Waals surface area contributed by atoms with Gasteiger partial charge in [-0.05, 0) is 17.5 Å². The van der Waals surface area contributed by atoms with Gasteiger partial charge in [-0.1, -0.05) is 13.8 Å². The monoisotopic (exact) mass is 356 g/mol. The Kier molecular flexibility index (Phi) is 6.19. The number of amides is 2. The average Bonchev–Trinajstić information content (AvgIpc) is 2.54. The number of ether oxygens (including phenoxy) is 1. The molecule has 1 aromatic rings. The quantitative estimate of drug-likeness (QED) is 0.779. The van der Waals surface area contributed by atoms with Gasteiger partial charge >= 0.3 is 6.09 Å². The molecule has 9 heteroatoms. The highest BCUT2D eigenvalue weighted by molar-refractivity contribution is 6.28. The van der Waals surface area contributed by atoms with Gasteiger partial charge in [-0.15, -0.1) is 0 Å². The largest absolute Gasteiger partial charge is 0.487 e. The highest BCUT2D eigenvalue weighted by Gasteiger charge is 2.31. The van der Waals surface area contributed by atoms with Crippen LogP contribution < -0.4 is 10.1 Å². The van der Waals surface area contributed by atoms with Gasteiger partial charge in [0.05, 0.1) is 12.4 Å². The summed E-state index contributed by atoms with van der Waals surface area (Å²) < 4.78 is 5.78. The number of nitrogens with one attached hydrogen (secondary N) is 1. The summed E-state index contributed by atoms with van der Waals surface area (Å²) in [5, 5.41) is 11.3. The molecule has 132 valence electrons. The van der Waals surface area contributed by atoms with E-state index in [9.17, 15) is 9.59 Å². The van der Waals surface area contributed by atoms with E-state index >= 15 is 0 Å². The Morgan fingerprint density at radius 3 is 2.42 bits per heavy atom. The number of likely N-dealkylation sites (tertiary alicyclic amines) is 1. The van der Waals surface area contributed by atoms with Crippen LogP contribution in [0.15, 0.2) is 12.4 Å². The van der Waals surface area contributed by atoms with Crippen molar-refractivity contribution in [1.82, 2.24) is 20.2 Å². The summed E-state index contributed by atoms with van der Waals surface area (Å²) in [5.74, 6) is 0.228. The van der Waals surface area contributed by atoms with Crippen molar-refractivity contribution in [3.8, 4) is 5.75 Å².